The van der Waals surface area contributed by atoms with Crippen molar-refractivity contribution in [3.8, 4) is 0 Å². The summed E-state index contributed by atoms with van der Waals surface area (Å²) >= 11 is 2.39. The molecular formula is C13H24INO2. The highest BCUT2D eigenvalue weighted by Crippen LogP contribution is 2.16. The summed E-state index contributed by atoms with van der Waals surface area (Å²) in [4.78, 5) is 11.6. The van der Waals surface area contributed by atoms with Crippen LogP contribution in [0.1, 0.15) is 51.4 Å². The summed E-state index contributed by atoms with van der Waals surface area (Å²) in [5, 5.41) is 2.98. The summed E-state index contributed by atoms with van der Waals surface area (Å²) in [5.74, 6) is 0.189. The topological polar surface area (TPSA) is 38.3 Å². The van der Waals surface area contributed by atoms with Gasteiger partial charge in [0.15, 0.2) is 0 Å². The van der Waals surface area contributed by atoms with Gasteiger partial charge in [0, 0.05) is 19.6 Å². The average Bonchev–Trinajstić information content (AvgIpc) is 2.37. The van der Waals surface area contributed by atoms with Gasteiger partial charge in [-0.1, -0.05) is 29.0 Å². The number of halogens is 1. The van der Waals surface area contributed by atoms with Crippen LogP contribution in [0.5, 0.6) is 0 Å². The van der Waals surface area contributed by atoms with E-state index in [2.05, 4.69) is 27.9 Å². The minimum atomic E-state index is 0.189. The molecule has 1 unspecified atom stereocenters. The van der Waals surface area contributed by atoms with Crippen molar-refractivity contribution in [1.82, 2.24) is 5.32 Å². The number of amides is 1. The normalized spacial score (nSPS) is 20.2. The molecular weight excluding hydrogens is 329 g/mol. The van der Waals surface area contributed by atoms with Crippen molar-refractivity contribution in [3.05, 3.63) is 0 Å². The number of hydrogen-bond donors (Lipinski definition) is 1. The Bertz CT molecular complexity index is 206. The molecule has 1 atom stereocenters. The first-order valence-corrected chi connectivity index (χ1v) is 8.29. The summed E-state index contributed by atoms with van der Waals surface area (Å²) in [7, 11) is 0. The lowest BCUT2D eigenvalue weighted by Gasteiger charge is -2.22. The largest absolute Gasteiger partial charge is 0.378 e. The second-order valence-electron chi connectivity index (χ2n) is 4.63. The van der Waals surface area contributed by atoms with Gasteiger partial charge in [0.05, 0.1) is 6.10 Å². The van der Waals surface area contributed by atoms with E-state index in [-0.39, 0.29) is 5.91 Å². The molecule has 0 aromatic rings. The fraction of sp³-hybridized carbons (Fsp3) is 0.923. The highest BCUT2D eigenvalue weighted by molar-refractivity contribution is 14.1. The molecule has 17 heavy (non-hydrogen) atoms. The summed E-state index contributed by atoms with van der Waals surface area (Å²) in [6.45, 7) is 1.71. The standard InChI is InChI=1S/C13H24INO2/c14-9-3-1-4-10-15-13(16)8-7-12-6-2-5-11-17-12/h12H,1-11H2,(H,15,16). The van der Waals surface area contributed by atoms with Crippen molar-refractivity contribution >= 4 is 28.5 Å². The first kappa shape index (κ1) is 15.2. The summed E-state index contributed by atoms with van der Waals surface area (Å²) in [5.41, 5.74) is 0. The Morgan fingerprint density at radius 2 is 2.18 bits per heavy atom. The third-order valence-electron chi connectivity index (χ3n) is 3.10. The quantitative estimate of drug-likeness (QED) is 0.414. The maximum atomic E-state index is 11.6. The predicted molar refractivity (Wildman–Crippen MR) is 78.6 cm³/mol. The lowest BCUT2D eigenvalue weighted by molar-refractivity contribution is -0.122. The summed E-state index contributed by atoms with van der Waals surface area (Å²) in [6, 6.07) is 0. The Hall–Kier alpha value is 0.160. The summed E-state index contributed by atoms with van der Waals surface area (Å²) < 4.78 is 6.82. The highest BCUT2D eigenvalue weighted by Gasteiger charge is 2.14. The average molecular weight is 353 g/mol. The van der Waals surface area contributed by atoms with Gasteiger partial charge >= 0.3 is 0 Å². The van der Waals surface area contributed by atoms with Crippen molar-refractivity contribution in [2.45, 2.75) is 57.5 Å². The molecule has 0 spiro atoms. The van der Waals surface area contributed by atoms with Crippen molar-refractivity contribution in [2.24, 2.45) is 0 Å². The van der Waals surface area contributed by atoms with E-state index >= 15 is 0 Å². The zero-order valence-corrected chi connectivity index (χ0v) is 12.7. The molecule has 0 aromatic heterocycles. The van der Waals surface area contributed by atoms with Crippen LogP contribution in [0.4, 0.5) is 0 Å². The van der Waals surface area contributed by atoms with E-state index in [9.17, 15) is 4.79 Å². The molecule has 0 bridgehead atoms. The maximum Gasteiger partial charge on any atom is 0.220 e. The fourth-order valence-corrected chi connectivity index (χ4v) is 2.58. The van der Waals surface area contributed by atoms with Gasteiger partial charge in [0.2, 0.25) is 5.91 Å². The molecule has 1 rings (SSSR count). The first-order chi connectivity index (χ1) is 8.33. The van der Waals surface area contributed by atoms with Crippen LogP contribution in [0.3, 0.4) is 0 Å². The first-order valence-electron chi connectivity index (χ1n) is 6.77. The van der Waals surface area contributed by atoms with Gasteiger partial charge in [0.1, 0.15) is 0 Å². The molecule has 1 N–H and O–H groups in total. The van der Waals surface area contributed by atoms with Crippen LogP contribution in [0.15, 0.2) is 0 Å². The van der Waals surface area contributed by atoms with Gasteiger partial charge in [-0.25, -0.2) is 0 Å². The Morgan fingerprint density at radius 3 is 2.88 bits per heavy atom. The molecule has 0 radical (unpaired) electrons. The molecule has 4 heteroatoms. The Kier molecular flexibility index (Phi) is 9.06. The minimum Gasteiger partial charge on any atom is -0.378 e. The van der Waals surface area contributed by atoms with E-state index < -0.39 is 0 Å². The van der Waals surface area contributed by atoms with Gasteiger partial charge in [-0.3, -0.25) is 4.79 Å². The van der Waals surface area contributed by atoms with Crippen LogP contribution in [0, 0.1) is 0 Å². The maximum absolute atomic E-state index is 11.6. The van der Waals surface area contributed by atoms with E-state index in [0.29, 0.717) is 12.5 Å². The third-order valence-corrected chi connectivity index (χ3v) is 3.86. The van der Waals surface area contributed by atoms with Gasteiger partial charge in [-0.05, 0) is 43.0 Å². The number of ether oxygens (including phenoxy) is 1. The van der Waals surface area contributed by atoms with Gasteiger partial charge < -0.3 is 10.1 Å². The van der Waals surface area contributed by atoms with E-state index in [4.69, 9.17) is 4.74 Å². The molecule has 100 valence electrons. The van der Waals surface area contributed by atoms with Crippen LogP contribution in [-0.2, 0) is 9.53 Å². The molecule has 0 aliphatic carbocycles. The number of hydrogen-bond acceptors (Lipinski definition) is 2. The number of nitrogens with one attached hydrogen (secondary N) is 1. The molecule has 1 fully saturated rings. The van der Waals surface area contributed by atoms with Gasteiger partial charge in [0.25, 0.3) is 0 Å². The Labute approximate surface area is 118 Å². The van der Waals surface area contributed by atoms with Crippen molar-refractivity contribution in [2.75, 3.05) is 17.6 Å². The van der Waals surface area contributed by atoms with Crippen molar-refractivity contribution in [1.29, 1.82) is 0 Å². The summed E-state index contributed by atoms with van der Waals surface area (Å²) in [6.07, 6.45) is 8.98. The number of carbonyl (C=O) groups is 1. The molecule has 1 heterocycles. The van der Waals surface area contributed by atoms with E-state index in [1.54, 1.807) is 0 Å². The van der Waals surface area contributed by atoms with E-state index in [1.807, 2.05) is 0 Å². The molecule has 1 aliphatic heterocycles. The highest BCUT2D eigenvalue weighted by atomic mass is 127. The molecule has 1 aliphatic rings. The third kappa shape index (κ3) is 7.97. The molecule has 1 amide bonds. The number of unbranched alkanes of at least 4 members (excludes halogenated alkanes) is 2. The number of rotatable bonds is 8. The lowest BCUT2D eigenvalue weighted by atomic mass is 10.0. The number of alkyl halides is 1. The molecule has 0 aromatic carbocycles. The zero-order chi connectivity index (χ0) is 12.3. The smallest absolute Gasteiger partial charge is 0.220 e. The second-order valence-corrected chi connectivity index (χ2v) is 5.71. The monoisotopic (exact) mass is 353 g/mol. The SMILES string of the molecule is O=C(CCC1CCCCO1)NCCCCCI. The van der Waals surface area contributed by atoms with Crippen LogP contribution in [0.2, 0.25) is 0 Å². The lowest BCUT2D eigenvalue weighted by Crippen LogP contribution is -2.27. The molecule has 3 nitrogen and oxygen atoms in total. The van der Waals surface area contributed by atoms with Crippen LogP contribution >= 0.6 is 22.6 Å². The minimum absolute atomic E-state index is 0.189. The van der Waals surface area contributed by atoms with Crippen molar-refractivity contribution in [3.63, 3.8) is 0 Å². The van der Waals surface area contributed by atoms with E-state index in [0.717, 1.165) is 32.4 Å². The molecule has 1 saturated heterocycles. The van der Waals surface area contributed by atoms with Crippen LogP contribution in [-0.4, -0.2) is 29.6 Å². The predicted octanol–water partition coefficient (Wildman–Crippen LogP) is 3.06. The van der Waals surface area contributed by atoms with E-state index in [1.165, 1.54) is 30.1 Å². The van der Waals surface area contributed by atoms with Gasteiger partial charge in [-0.2, -0.15) is 0 Å². The molecule has 0 saturated carbocycles. The zero-order valence-electron chi connectivity index (χ0n) is 10.5. The fourth-order valence-electron chi connectivity index (χ4n) is 2.04. The van der Waals surface area contributed by atoms with Crippen molar-refractivity contribution < 1.29 is 9.53 Å². The van der Waals surface area contributed by atoms with Gasteiger partial charge in [-0.15, -0.1) is 0 Å². The Balaban J connectivity index is 1.93. The number of carbonyl (C=O) groups excluding carboxylic acids is 1. The Morgan fingerprint density at radius 1 is 1.29 bits per heavy atom. The van der Waals surface area contributed by atoms with Crippen LogP contribution < -0.4 is 5.32 Å². The van der Waals surface area contributed by atoms with Crippen LogP contribution in [0.25, 0.3) is 0 Å². The second kappa shape index (κ2) is 10.1.